The van der Waals surface area contributed by atoms with Crippen molar-refractivity contribution in [1.82, 2.24) is 0 Å². The zero-order chi connectivity index (χ0) is 9.28. The van der Waals surface area contributed by atoms with E-state index >= 15 is 0 Å². The topological polar surface area (TPSA) is 74.6 Å². The zero-order valence-corrected chi connectivity index (χ0v) is 6.83. The molecule has 5 heteroatoms. The molecule has 0 bridgehead atoms. The summed E-state index contributed by atoms with van der Waals surface area (Å²) in [5.41, 5.74) is 0. The van der Waals surface area contributed by atoms with Crippen molar-refractivity contribution in [3.63, 3.8) is 0 Å². The monoisotopic (exact) mass is 154 g/mol. The number of hydrogen-bond acceptors (Lipinski definition) is 2. The van der Waals surface area contributed by atoms with Gasteiger partial charge in [0, 0.05) is 0 Å². The van der Waals surface area contributed by atoms with Crippen LogP contribution >= 0.6 is 0 Å². The van der Waals surface area contributed by atoms with Crippen LogP contribution < -0.4 is 0 Å². The molecule has 4 nitrogen and oxygen atoms in total. The Morgan fingerprint density at radius 1 is 1.18 bits per heavy atom. The van der Waals surface area contributed by atoms with Gasteiger partial charge in [-0.2, -0.15) is 0 Å². The molecule has 0 aromatic carbocycles. The standard InChI is InChI=1S/C4H6O4.C2H5.Li/c5-3(6)1-2-4(7)8;1-2;/h1-2H2,(H,5,6)(H,7,8);1H2,2H3;. The van der Waals surface area contributed by atoms with Gasteiger partial charge in [-0.05, 0) is 0 Å². The molecule has 0 saturated heterocycles. The molecule has 60 valence electrons. The Morgan fingerprint density at radius 2 is 1.36 bits per heavy atom. The van der Waals surface area contributed by atoms with E-state index in [9.17, 15) is 9.59 Å². The molecular formula is C6H11LiO4. The van der Waals surface area contributed by atoms with Gasteiger partial charge >= 0.3 is 41.7 Å². The van der Waals surface area contributed by atoms with E-state index < -0.39 is 11.9 Å². The Kier molecular flexibility index (Phi) is 11.4. The molecule has 0 saturated carbocycles. The second-order valence-corrected chi connectivity index (χ2v) is 1.99. The molecule has 0 radical (unpaired) electrons. The van der Waals surface area contributed by atoms with Crippen LogP contribution in [0.3, 0.4) is 0 Å². The fourth-order valence-corrected chi connectivity index (χ4v) is 0.214. The summed E-state index contributed by atoms with van der Waals surface area (Å²) >= 11 is 2.12. The first-order valence-electron chi connectivity index (χ1n) is 3.48. The van der Waals surface area contributed by atoms with Gasteiger partial charge in [0.15, 0.2) is 0 Å². The van der Waals surface area contributed by atoms with Gasteiger partial charge < -0.3 is 10.2 Å². The van der Waals surface area contributed by atoms with Gasteiger partial charge in [0.1, 0.15) is 0 Å². The molecule has 0 aromatic rings. The van der Waals surface area contributed by atoms with Gasteiger partial charge in [0.25, 0.3) is 0 Å². The van der Waals surface area contributed by atoms with Crippen LogP contribution in [0.5, 0.6) is 0 Å². The molecular weight excluding hydrogens is 143 g/mol. The maximum atomic E-state index is 9.64. The average molecular weight is 154 g/mol. The summed E-state index contributed by atoms with van der Waals surface area (Å²) in [5, 5.41) is 17.0. The quantitative estimate of drug-likeness (QED) is 0.581. The summed E-state index contributed by atoms with van der Waals surface area (Å²) < 4.78 is 0. The fourth-order valence-electron chi connectivity index (χ4n) is 0.214. The molecule has 0 atom stereocenters. The van der Waals surface area contributed by atoms with Crippen LogP contribution in [0.25, 0.3) is 0 Å². The molecule has 0 fully saturated rings. The number of carbonyl (C=O) groups is 2. The van der Waals surface area contributed by atoms with Crippen LogP contribution in [0.1, 0.15) is 19.8 Å². The van der Waals surface area contributed by atoms with Gasteiger partial charge in [-0.1, -0.05) is 0 Å². The first kappa shape index (κ1) is 13.2. The number of aliphatic carboxylic acids is 2. The minimum atomic E-state index is -1.08. The molecule has 0 unspecified atom stereocenters. The maximum absolute atomic E-state index is 9.64. The molecule has 0 aliphatic carbocycles. The fraction of sp³-hybridized carbons (Fsp3) is 0.667. The third-order valence-electron chi connectivity index (χ3n) is 0.553. The van der Waals surface area contributed by atoms with Crippen molar-refractivity contribution in [1.29, 1.82) is 0 Å². The van der Waals surface area contributed by atoms with E-state index in [0.29, 0.717) is 0 Å². The predicted molar refractivity (Wildman–Crippen MR) is 40.7 cm³/mol. The number of carboxylic acids is 2. The van der Waals surface area contributed by atoms with E-state index in [4.69, 9.17) is 10.2 Å². The Morgan fingerprint density at radius 3 is 1.45 bits per heavy atom. The molecule has 11 heavy (non-hydrogen) atoms. The van der Waals surface area contributed by atoms with Gasteiger partial charge in [0.2, 0.25) is 0 Å². The van der Waals surface area contributed by atoms with Crippen LogP contribution in [0.15, 0.2) is 0 Å². The van der Waals surface area contributed by atoms with E-state index in [-0.39, 0.29) is 12.8 Å². The molecule has 2 N–H and O–H groups in total. The second-order valence-electron chi connectivity index (χ2n) is 1.99. The number of hydrogen-bond donors (Lipinski definition) is 2. The Hall–Kier alpha value is -0.463. The molecule has 0 spiro atoms. The second kappa shape index (κ2) is 9.54. The molecule has 0 rings (SSSR count). The van der Waals surface area contributed by atoms with Crippen molar-refractivity contribution in [3.8, 4) is 0 Å². The van der Waals surface area contributed by atoms with Gasteiger partial charge in [0.05, 0.1) is 12.8 Å². The number of carboxylic acid groups (broad SMARTS) is 2. The van der Waals surface area contributed by atoms with E-state index in [1.165, 1.54) is 5.09 Å². The van der Waals surface area contributed by atoms with Crippen molar-refractivity contribution in [2.45, 2.75) is 24.9 Å². The third-order valence-corrected chi connectivity index (χ3v) is 0.553. The van der Waals surface area contributed by atoms with Crippen molar-refractivity contribution >= 4 is 29.7 Å². The van der Waals surface area contributed by atoms with E-state index in [2.05, 4.69) is 24.6 Å². The molecule has 0 aromatic heterocycles. The minimum absolute atomic E-state index is 0.296. The SMILES string of the molecule is O=C(O)CCC(=O)O.[Li][CH2]C. The average Bonchev–Trinajstić information content (AvgIpc) is 1.85. The summed E-state index contributed by atoms with van der Waals surface area (Å²) in [7, 11) is 0. The van der Waals surface area contributed by atoms with Crippen LogP contribution in [-0.4, -0.2) is 39.9 Å². The van der Waals surface area contributed by atoms with Crippen LogP contribution in [0.4, 0.5) is 0 Å². The molecule has 0 amide bonds. The van der Waals surface area contributed by atoms with E-state index in [0.717, 1.165) is 0 Å². The van der Waals surface area contributed by atoms with E-state index in [1.54, 1.807) is 0 Å². The molecule has 0 heterocycles. The van der Waals surface area contributed by atoms with Crippen molar-refractivity contribution < 1.29 is 19.8 Å². The van der Waals surface area contributed by atoms with Crippen LogP contribution in [0.2, 0.25) is 5.09 Å². The summed E-state index contributed by atoms with van der Waals surface area (Å²) in [6.45, 7) is 2.12. The van der Waals surface area contributed by atoms with E-state index in [1.807, 2.05) is 0 Å². The summed E-state index contributed by atoms with van der Waals surface area (Å²) in [5.74, 6) is -2.15. The Labute approximate surface area is 74.8 Å². The third kappa shape index (κ3) is 26.3. The first-order chi connectivity index (χ1) is 5.04. The Balaban J connectivity index is 0. The van der Waals surface area contributed by atoms with Gasteiger partial charge in [-0.15, -0.1) is 0 Å². The summed E-state index contributed by atoms with van der Waals surface area (Å²) in [4.78, 5) is 19.3. The summed E-state index contributed by atoms with van der Waals surface area (Å²) in [6.07, 6.45) is -0.593. The van der Waals surface area contributed by atoms with Gasteiger partial charge in [-0.25, -0.2) is 0 Å². The van der Waals surface area contributed by atoms with Crippen molar-refractivity contribution in [2.24, 2.45) is 0 Å². The number of rotatable bonds is 3. The Bertz CT molecular complexity index is 110. The molecule has 0 aliphatic rings. The zero-order valence-electron chi connectivity index (χ0n) is 6.83. The molecule has 0 aliphatic heterocycles. The summed E-state index contributed by atoms with van der Waals surface area (Å²) in [6, 6.07) is 0. The van der Waals surface area contributed by atoms with Crippen LogP contribution in [0, 0.1) is 0 Å². The predicted octanol–water partition coefficient (Wildman–Crippen LogP) is 0.529. The van der Waals surface area contributed by atoms with Crippen molar-refractivity contribution in [2.75, 3.05) is 0 Å². The normalized spacial score (nSPS) is 7.91. The van der Waals surface area contributed by atoms with Crippen LogP contribution in [-0.2, 0) is 9.59 Å². The first-order valence-corrected chi connectivity index (χ1v) is 3.48. The van der Waals surface area contributed by atoms with Crippen molar-refractivity contribution in [3.05, 3.63) is 0 Å². The van der Waals surface area contributed by atoms with Gasteiger partial charge in [-0.3, -0.25) is 9.59 Å².